The lowest BCUT2D eigenvalue weighted by molar-refractivity contribution is -0.192. The molecule has 1 aromatic rings. The standard InChI is InChI=1S/C20H30N4O4.C2HF3O2/c1-13(2)11-17(25)24-16(12-18(26)27)5-3-4-10-23-20(28)15-8-6-14(7-9-15)19(21)22;3-2(4,5)1(6)7/h6-9,13,16H,3-5,10-12H2,1-2H3,(H3,21,22)(H,23,28)(H,24,25)(H,26,27);(H,6,7)/t16-;/m0./s1. The lowest BCUT2D eigenvalue weighted by Crippen LogP contribution is -2.37. The first-order chi connectivity index (χ1) is 16.1. The van der Waals surface area contributed by atoms with E-state index in [0.29, 0.717) is 43.4 Å². The molecule has 0 heterocycles. The largest absolute Gasteiger partial charge is 0.490 e. The van der Waals surface area contributed by atoms with Gasteiger partial charge in [0.25, 0.3) is 5.91 Å². The molecular formula is C22H31F3N4O6. The molecule has 0 unspecified atom stereocenters. The van der Waals surface area contributed by atoms with Crippen molar-refractivity contribution in [3.8, 4) is 0 Å². The highest BCUT2D eigenvalue weighted by molar-refractivity contribution is 5.98. The lowest BCUT2D eigenvalue weighted by atomic mass is 10.0. The number of nitrogens with one attached hydrogen (secondary N) is 3. The number of carbonyl (C=O) groups is 4. The van der Waals surface area contributed by atoms with E-state index < -0.39 is 24.2 Å². The molecule has 0 aliphatic rings. The minimum Gasteiger partial charge on any atom is -0.481 e. The van der Waals surface area contributed by atoms with Crippen molar-refractivity contribution in [1.29, 1.82) is 5.41 Å². The Bertz CT molecular complexity index is 873. The molecule has 0 aliphatic heterocycles. The van der Waals surface area contributed by atoms with Crippen LogP contribution in [-0.4, -0.2) is 58.6 Å². The second-order valence-corrected chi connectivity index (χ2v) is 8.01. The molecule has 0 aliphatic carbocycles. The van der Waals surface area contributed by atoms with E-state index in [1.807, 2.05) is 13.8 Å². The van der Waals surface area contributed by atoms with Crippen LogP contribution in [0.25, 0.3) is 0 Å². The molecule has 0 saturated heterocycles. The van der Waals surface area contributed by atoms with E-state index in [2.05, 4.69) is 10.6 Å². The van der Waals surface area contributed by atoms with Crippen molar-refractivity contribution in [2.24, 2.45) is 11.7 Å². The summed E-state index contributed by atoms with van der Waals surface area (Å²) in [7, 11) is 0. The first kappa shape index (κ1) is 31.4. The van der Waals surface area contributed by atoms with E-state index in [1.54, 1.807) is 24.3 Å². The average molecular weight is 505 g/mol. The quantitative estimate of drug-likeness (QED) is 0.143. The van der Waals surface area contributed by atoms with E-state index in [1.165, 1.54) is 0 Å². The summed E-state index contributed by atoms with van der Waals surface area (Å²) in [5.74, 6) is -3.90. The van der Waals surface area contributed by atoms with Gasteiger partial charge in [0, 0.05) is 30.1 Å². The Labute approximate surface area is 200 Å². The summed E-state index contributed by atoms with van der Waals surface area (Å²) in [6.07, 6.45) is -2.93. The molecule has 7 N–H and O–H groups in total. The monoisotopic (exact) mass is 504 g/mol. The molecule has 13 heteroatoms. The summed E-state index contributed by atoms with van der Waals surface area (Å²) in [6, 6.07) is 6.05. The molecule has 10 nitrogen and oxygen atoms in total. The summed E-state index contributed by atoms with van der Waals surface area (Å²) in [4.78, 5) is 43.8. The van der Waals surface area contributed by atoms with Crippen LogP contribution in [0, 0.1) is 11.3 Å². The van der Waals surface area contributed by atoms with Crippen molar-refractivity contribution in [1.82, 2.24) is 10.6 Å². The number of carboxylic acids is 2. The highest BCUT2D eigenvalue weighted by Crippen LogP contribution is 2.13. The highest BCUT2D eigenvalue weighted by Gasteiger charge is 2.38. The van der Waals surface area contributed by atoms with Crippen LogP contribution >= 0.6 is 0 Å². The van der Waals surface area contributed by atoms with E-state index >= 15 is 0 Å². The number of nitrogens with two attached hydrogens (primary N) is 1. The molecule has 35 heavy (non-hydrogen) atoms. The number of alkyl halides is 3. The number of rotatable bonds is 12. The highest BCUT2D eigenvalue weighted by atomic mass is 19.4. The number of carbonyl (C=O) groups excluding carboxylic acids is 2. The maximum Gasteiger partial charge on any atom is 0.490 e. The molecule has 196 valence electrons. The van der Waals surface area contributed by atoms with Gasteiger partial charge in [0.1, 0.15) is 5.84 Å². The summed E-state index contributed by atoms with van der Waals surface area (Å²) in [5.41, 5.74) is 6.42. The van der Waals surface area contributed by atoms with Gasteiger partial charge in [-0.3, -0.25) is 19.8 Å². The van der Waals surface area contributed by atoms with Crippen LogP contribution in [0.1, 0.15) is 61.9 Å². The predicted molar refractivity (Wildman–Crippen MR) is 121 cm³/mol. The van der Waals surface area contributed by atoms with E-state index in [4.69, 9.17) is 26.2 Å². The van der Waals surface area contributed by atoms with Gasteiger partial charge in [-0.2, -0.15) is 13.2 Å². The zero-order valence-electron chi connectivity index (χ0n) is 19.4. The van der Waals surface area contributed by atoms with Gasteiger partial charge in [-0.15, -0.1) is 0 Å². The van der Waals surface area contributed by atoms with Crippen LogP contribution in [0.15, 0.2) is 24.3 Å². The van der Waals surface area contributed by atoms with Gasteiger partial charge in [0.15, 0.2) is 0 Å². The molecule has 1 aromatic carbocycles. The number of amidine groups is 1. The summed E-state index contributed by atoms with van der Waals surface area (Å²) in [6.45, 7) is 4.32. The minimum absolute atomic E-state index is 0.0524. The van der Waals surface area contributed by atoms with E-state index in [0.717, 1.165) is 0 Å². The number of carboxylic acid groups (broad SMARTS) is 2. The molecule has 0 bridgehead atoms. The van der Waals surface area contributed by atoms with Crippen molar-refractivity contribution in [2.45, 2.75) is 58.2 Å². The number of benzene rings is 1. The third-order valence-corrected chi connectivity index (χ3v) is 4.35. The normalized spacial score (nSPS) is 11.6. The molecule has 0 aromatic heterocycles. The number of nitrogen functional groups attached to an aromatic ring is 1. The zero-order valence-corrected chi connectivity index (χ0v) is 19.4. The Balaban J connectivity index is 0.00000143. The van der Waals surface area contributed by atoms with Crippen molar-refractivity contribution in [3.05, 3.63) is 35.4 Å². The molecule has 1 atom stereocenters. The Morgan fingerprint density at radius 3 is 1.94 bits per heavy atom. The van der Waals surface area contributed by atoms with Gasteiger partial charge in [-0.1, -0.05) is 26.0 Å². The molecule has 0 spiro atoms. The van der Waals surface area contributed by atoms with Crippen LogP contribution in [0.2, 0.25) is 0 Å². The van der Waals surface area contributed by atoms with Gasteiger partial charge in [-0.25, -0.2) is 4.79 Å². The minimum atomic E-state index is -5.08. The fourth-order valence-electron chi connectivity index (χ4n) is 2.71. The smallest absolute Gasteiger partial charge is 0.481 e. The number of hydrogen-bond donors (Lipinski definition) is 6. The van der Waals surface area contributed by atoms with Crippen LogP contribution < -0.4 is 16.4 Å². The van der Waals surface area contributed by atoms with E-state index in [9.17, 15) is 27.6 Å². The molecule has 2 amide bonds. The molecule has 0 saturated carbocycles. The molecule has 0 fully saturated rings. The topological polar surface area (TPSA) is 183 Å². The van der Waals surface area contributed by atoms with Crippen LogP contribution in [0.3, 0.4) is 0 Å². The molecule has 0 radical (unpaired) electrons. The number of halogens is 3. The third kappa shape index (κ3) is 15.0. The number of hydrogen-bond acceptors (Lipinski definition) is 5. The number of amides is 2. The average Bonchev–Trinajstić information content (AvgIpc) is 2.72. The van der Waals surface area contributed by atoms with Crippen LogP contribution in [0.4, 0.5) is 13.2 Å². The lowest BCUT2D eigenvalue weighted by Gasteiger charge is -2.17. The zero-order chi connectivity index (χ0) is 27.2. The van der Waals surface area contributed by atoms with Gasteiger partial charge in [0.2, 0.25) is 5.91 Å². The first-order valence-electron chi connectivity index (χ1n) is 10.7. The predicted octanol–water partition coefficient (Wildman–Crippen LogP) is 2.51. The van der Waals surface area contributed by atoms with Crippen molar-refractivity contribution in [2.75, 3.05) is 6.54 Å². The third-order valence-electron chi connectivity index (χ3n) is 4.35. The summed E-state index contributed by atoms with van der Waals surface area (Å²) in [5, 5.41) is 29.1. The SMILES string of the molecule is CC(C)CC(=O)N[C@@H](CCCCNC(=O)c1ccc(C(=N)N)cc1)CC(=O)O.O=C(O)C(F)(F)F. The van der Waals surface area contributed by atoms with Crippen LogP contribution in [0.5, 0.6) is 0 Å². The Morgan fingerprint density at radius 2 is 1.51 bits per heavy atom. The van der Waals surface area contributed by atoms with E-state index in [-0.39, 0.29) is 30.0 Å². The summed E-state index contributed by atoms with van der Waals surface area (Å²) >= 11 is 0. The van der Waals surface area contributed by atoms with Crippen molar-refractivity contribution in [3.63, 3.8) is 0 Å². The van der Waals surface area contributed by atoms with Crippen molar-refractivity contribution >= 4 is 29.6 Å². The Kier molecular flexibility index (Phi) is 13.7. The summed E-state index contributed by atoms with van der Waals surface area (Å²) < 4.78 is 31.7. The maximum absolute atomic E-state index is 12.1. The fourth-order valence-corrected chi connectivity index (χ4v) is 2.71. The van der Waals surface area contributed by atoms with Gasteiger partial charge in [-0.05, 0) is 37.3 Å². The Morgan fingerprint density at radius 1 is 1.00 bits per heavy atom. The van der Waals surface area contributed by atoms with Crippen LogP contribution in [-0.2, 0) is 14.4 Å². The molecule has 1 rings (SSSR count). The van der Waals surface area contributed by atoms with Gasteiger partial charge in [0.05, 0.1) is 6.42 Å². The van der Waals surface area contributed by atoms with Gasteiger partial charge >= 0.3 is 18.1 Å². The second-order valence-electron chi connectivity index (χ2n) is 8.01. The number of unbranched alkanes of at least 4 members (excludes halogenated alkanes) is 1. The maximum atomic E-state index is 12.1. The first-order valence-corrected chi connectivity index (χ1v) is 10.7. The van der Waals surface area contributed by atoms with Crippen molar-refractivity contribution < 1.29 is 42.6 Å². The van der Waals surface area contributed by atoms with Gasteiger partial charge < -0.3 is 26.6 Å². The number of aliphatic carboxylic acids is 2. The second kappa shape index (κ2) is 15.3. The molecular weight excluding hydrogens is 473 g/mol. The fraction of sp³-hybridized carbons (Fsp3) is 0.500. The Hall–Kier alpha value is -3.64.